The fourth-order valence-corrected chi connectivity index (χ4v) is 6.66. The number of hydrogen-bond acceptors (Lipinski definition) is 7. The monoisotopic (exact) mass is 604 g/mol. The number of carbonyl (C=O) groups excluding carboxylic acids is 3. The third-order valence-corrected chi connectivity index (χ3v) is 9.26. The number of carbonyl (C=O) groups is 4. The highest BCUT2D eigenvalue weighted by molar-refractivity contribution is 5.90. The summed E-state index contributed by atoms with van der Waals surface area (Å²) in [5.41, 5.74) is 2.97. The highest BCUT2D eigenvalue weighted by Gasteiger charge is 2.36. The number of esters is 1. The summed E-state index contributed by atoms with van der Waals surface area (Å²) >= 11 is 0. The number of cyclic esters (lactones) is 1. The van der Waals surface area contributed by atoms with E-state index < -0.39 is 30.1 Å². The van der Waals surface area contributed by atoms with Crippen LogP contribution in [-0.2, 0) is 23.9 Å². The van der Waals surface area contributed by atoms with Crippen LogP contribution < -0.4 is 10.1 Å². The van der Waals surface area contributed by atoms with Gasteiger partial charge in [-0.15, -0.1) is 0 Å². The first-order valence-electron chi connectivity index (χ1n) is 15.8. The Morgan fingerprint density at radius 2 is 1.82 bits per heavy atom. The molecule has 0 radical (unpaired) electrons. The number of aromatic carboxylic acids is 1. The van der Waals surface area contributed by atoms with Crippen molar-refractivity contribution in [3.63, 3.8) is 0 Å². The van der Waals surface area contributed by atoms with Crippen LogP contribution in [0.15, 0.2) is 42.5 Å². The van der Waals surface area contributed by atoms with Gasteiger partial charge in [0.1, 0.15) is 24.6 Å². The third kappa shape index (κ3) is 6.75. The number of amides is 2. The van der Waals surface area contributed by atoms with Gasteiger partial charge in [0.05, 0.1) is 23.9 Å². The summed E-state index contributed by atoms with van der Waals surface area (Å²) in [6.07, 6.45) is 4.43. The van der Waals surface area contributed by atoms with Crippen LogP contribution in [0.1, 0.15) is 96.9 Å². The Hall–Kier alpha value is -3.92. The fraction of sp³-hybridized carbons (Fsp3) is 0.529. The zero-order valence-corrected chi connectivity index (χ0v) is 25.0. The molecule has 0 spiro atoms. The zero-order chi connectivity index (χ0) is 30.8. The van der Waals surface area contributed by atoms with Crippen molar-refractivity contribution in [2.75, 3.05) is 26.3 Å². The molecular weight excluding hydrogens is 564 g/mol. The second-order valence-corrected chi connectivity index (χ2v) is 12.5. The molecule has 10 heteroatoms. The number of nitrogens with zero attached hydrogens (tertiary/aromatic N) is 1. The van der Waals surface area contributed by atoms with Crippen molar-refractivity contribution in [2.45, 2.75) is 82.0 Å². The van der Waals surface area contributed by atoms with E-state index in [0.29, 0.717) is 56.2 Å². The molecule has 5 atom stereocenters. The first-order chi connectivity index (χ1) is 21.3. The molecule has 44 heavy (non-hydrogen) atoms. The van der Waals surface area contributed by atoms with Crippen molar-refractivity contribution in [1.29, 1.82) is 0 Å². The normalized spacial score (nSPS) is 24.8. The Kier molecular flexibility index (Phi) is 8.88. The summed E-state index contributed by atoms with van der Waals surface area (Å²) < 4.78 is 17.2. The number of ether oxygens (including phenoxy) is 3. The largest absolute Gasteiger partial charge is 0.484 e. The van der Waals surface area contributed by atoms with Crippen molar-refractivity contribution in [1.82, 2.24) is 10.2 Å². The Morgan fingerprint density at radius 3 is 2.48 bits per heavy atom. The Bertz CT molecular complexity index is 1400. The molecule has 1 aliphatic carbocycles. The molecule has 3 aliphatic heterocycles. The lowest BCUT2D eigenvalue weighted by molar-refractivity contribution is -0.138. The molecule has 0 aromatic heterocycles. The van der Waals surface area contributed by atoms with E-state index in [2.05, 4.69) is 17.4 Å². The van der Waals surface area contributed by atoms with E-state index in [1.54, 1.807) is 23.1 Å². The molecule has 2 amide bonds. The van der Waals surface area contributed by atoms with Crippen LogP contribution >= 0.6 is 0 Å². The lowest BCUT2D eigenvalue weighted by Crippen LogP contribution is -2.44. The molecule has 3 heterocycles. The van der Waals surface area contributed by atoms with Crippen molar-refractivity contribution < 1.29 is 38.5 Å². The Balaban J connectivity index is 1.24. The molecule has 1 saturated carbocycles. The topological polar surface area (TPSA) is 131 Å². The van der Waals surface area contributed by atoms with E-state index in [1.807, 2.05) is 19.1 Å². The zero-order valence-electron chi connectivity index (χ0n) is 25.0. The molecule has 6 rings (SSSR count). The second-order valence-electron chi connectivity index (χ2n) is 12.5. The molecule has 234 valence electrons. The van der Waals surface area contributed by atoms with E-state index in [9.17, 15) is 24.3 Å². The number of likely N-dealkylation sites (tertiary alicyclic amines) is 1. The maximum Gasteiger partial charge on any atom is 0.335 e. The number of hydrogen-bond donors (Lipinski definition) is 2. The average molecular weight is 605 g/mol. The van der Waals surface area contributed by atoms with Gasteiger partial charge in [-0.05, 0) is 86.3 Å². The first-order valence-corrected chi connectivity index (χ1v) is 15.8. The van der Waals surface area contributed by atoms with Gasteiger partial charge >= 0.3 is 11.9 Å². The maximum atomic E-state index is 13.1. The van der Waals surface area contributed by atoms with Gasteiger partial charge < -0.3 is 29.5 Å². The number of carboxylic acid groups (broad SMARTS) is 1. The van der Waals surface area contributed by atoms with Crippen LogP contribution in [0.25, 0.3) is 0 Å². The standard InChI is InChI=1S/C34H40N2O8/c1-20(35-32(38)29-5-3-15-42-29)31(23-10-8-22(9-11-23)21-6-7-21)44-26-12-13-27(34(40)41)28(17-26)24-4-2-14-36(18-24)33(39)25-16-30(37)43-19-25/h8-13,17,20-21,24-25,29,31H,2-7,14-16,18-19H2,1H3,(H,35,38)(H,40,41)/t20-,24+,25+,29-,31-/m0/s1. The highest BCUT2D eigenvalue weighted by atomic mass is 16.5. The van der Waals surface area contributed by atoms with Gasteiger partial charge in [-0.1, -0.05) is 24.3 Å². The van der Waals surface area contributed by atoms with Crippen molar-refractivity contribution in [3.8, 4) is 5.75 Å². The van der Waals surface area contributed by atoms with E-state index in [1.165, 1.54) is 18.4 Å². The summed E-state index contributed by atoms with van der Waals surface area (Å²) in [6, 6.07) is 12.9. The van der Waals surface area contributed by atoms with Gasteiger partial charge in [-0.2, -0.15) is 0 Å². The van der Waals surface area contributed by atoms with Crippen LogP contribution in [0, 0.1) is 5.92 Å². The summed E-state index contributed by atoms with van der Waals surface area (Å²) in [7, 11) is 0. The minimum Gasteiger partial charge on any atom is -0.484 e. The predicted octanol–water partition coefficient (Wildman–Crippen LogP) is 4.34. The third-order valence-electron chi connectivity index (χ3n) is 9.26. The van der Waals surface area contributed by atoms with Crippen LogP contribution in [0.5, 0.6) is 5.75 Å². The quantitative estimate of drug-likeness (QED) is 0.383. The minimum atomic E-state index is -1.05. The van der Waals surface area contributed by atoms with Gasteiger partial charge in [0.15, 0.2) is 0 Å². The van der Waals surface area contributed by atoms with Crippen LogP contribution in [0.3, 0.4) is 0 Å². The molecule has 2 N–H and O–H groups in total. The van der Waals surface area contributed by atoms with Crippen LogP contribution in [0.4, 0.5) is 0 Å². The molecule has 10 nitrogen and oxygen atoms in total. The van der Waals surface area contributed by atoms with Crippen LogP contribution in [0.2, 0.25) is 0 Å². The summed E-state index contributed by atoms with van der Waals surface area (Å²) in [6.45, 7) is 3.48. The average Bonchev–Trinajstić information content (AvgIpc) is 3.54. The SMILES string of the molecule is C[C@H](NC(=O)[C@@H]1CCCO1)[C@H](Oc1ccc(C(=O)O)c([C@@H]2CCCN(C(=O)[C@H]3COC(=O)C3)C2)c1)c1ccc(C2CC2)cc1. The molecule has 2 aromatic carbocycles. The number of nitrogens with one attached hydrogen (secondary N) is 1. The molecule has 0 bridgehead atoms. The minimum absolute atomic E-state index is 0.0777. The number of rotatable bonds is 10. The van der Waals surface area contributed by atoms with Crippen molar-refractivity contribution in [3.05, 3.63) is 64.7 Å². The number of piperidine rings is 1. The van der Waals surface area contributed by atoms with Crippen LogP contribution in [-0.4, -0.2) is 72.2 Å². The summed E-state index contributed by atoms with van der Waals surface area (Å²) in [5.74, 6) is -1.33. The van der Waals surface area contributed by atoms with Gasteiger partial charge in [-0.3, -0.25) is 14.4 Å². The summed E-state index contributed by atoms with van der Waals surface area (Å²) in [4.78, 5) is 51.7. The van der Waals surface area contributed by atoms with E-state index >= 15 is 0 Å². The molecule has 2 aromatic rings. The second kappa shape index (κ2) is 13.0. The predicted molar refractivity (Wildman–Crippen MR) is 159 cm³/mol. The van der Waals surface area contributed by atoms with E-state index in [4.69, 9.17) is 14.2 Å². The first kappa shape index (κ1) is 30.1. The number of benzene rings is 2. The Labute approximate surface area is 257 Å². The molecule has 4 aliphatic rings. The lowest BCUT2D eigenvalue weighted by Gasteiger charge is -2.35. The van der Waals surface area contributed by atoms with E-state index in [-0.39, 0.29) is 42.3 Å². The molecule has 4 fully saturated rings. The number of carboxylic acids is 1. The van der Waals surface area contributed by atoms with E-state index in [0.717, 1.165) is 12.0 Å². The Morgan fingerprint density at radius 1 is 1.02 bits per heavy atom. The molecular formula is C34H40N2O8. The molecule has 0 unspecified atom stereocenters. The maximum absolute atomic E-state index is 13.1. The fourth-order valence-electron chi connectivity index (χ4n) is 6.66. The van der Waals surface area contributed by atoms with Gasteiger partial charge in [0, 0.05) is 25.6 Å². The lowest BCUT2D eigenvalue weighted by atomic mass is 9.86. The van der Waals surface area contributed by atoms with Crippen molar-refractivity contribution in [2.24, 2.45) is 5.92 Å². The summed E-state index contributed by atoms with van der Waals surface area (Å²) in [5, 5.41) is 13.1. The molecule has 3 saturated heterocycles. The van der Waals surface area contributed by atoms with Crippen molar-refractivity contribution >= 4 is 23.8 Å². The smallest absolute Gasteiger partial charge is 0.335 e. The van der Waals surface area contributed by atoms with Gasteiger partial charge in [0.25, 0.3) is 0 Å². The van der Waals surface area contributed by atoms with Gasteiger partial charge in [0.2, 0.25) is 11.8 Å². The van der Waals surface area contributed by atoms with Gasteiger partial charge in [-0.25, -0.2) is 4.79 Å². The highest BCUT2D eigenvalue weighted by Crippen LogP contribution is 2.41.